The second-order valence-electron chi connectivity index (χ2n) is 6.07. The van der Waals surface area contributed by atoms with Crippen LogP contribution in [0.15, 0.2) is 36.8 Å². The zero-order valence-electron chi connectivity index (χ0n) is 14.5. The molecule has 1 atom stereocenters. The highest BCUT2D eigenvalue weighted by Gasteiger charge is 2.27. The molecule has 0 fully saturated rings. The van der Waals surface area contributed by atoms with Gasteiger partial charge in [0.1, 0.15) is 5.82 Å². The van der Waals surface area contributed by atoms with Crippen LogP contribution in [0, 0.1) is 5.95 Å². The molecular weight excluding hydrogens is 333 g/mol. The topological polar surface area (TPSA) is 79.7 Å². The zero-order valence-corrected chi connectivity index (χ0v) is 14.5. The Kier molecular flexibility index (Phi) is 4.16. The molecule has 0 amide bonds. The predicted octanol–water partition coefficient (Wildman–Crippen LogP) is 2.63. The fourth-order valence-corrected chi connectivity index (χ4v) is 3.17. The minimum absolute atomic E-state index is 0.0107. The molecule has 132 valence electrons. The molecule has 1 unspecified atom stereocenters. The van der Waals surface area contributed by atoms with E-state index in [1.54, 1.807) is 25.5 Å². The maximum absolute atomic E-state index is 13.8. The summed E-state index contributed by atoms with van der Waals surface area (Å²) in [6, 6.07) is 4.97. The molecule has 26 heavy (non-hydrogen) atoms. The van der Waals surface area contributed by atoms with Gasteiger partial charge in [-0.3, -0.25) is 0 Å². The van der Waals surface area contributed by atoms with Crippen molar-refractivity contribution < 1.29 is 4.39 Å². The highest BCUT2D eigenvalue weighted by Crippen LogP contribution is 2.33. The Morgan fingerprint density at radius 3 is 2.69 bits per heavy atom. The summed E-state index contributed by atoms with van der Waals surface area (Å²) >= 11 is 0. The Morgan fingerprint density at radius 2 is 1.92 bits per heavy atom. The van der Waals surface area contributed by atoms with Crippen molar-refractivity contribution in [3.05, 3.63) is 54.0 Å². The largest absolute Gasteiger partial charge is 0.388 e. The van der Waals surface area contributed by atoms with Gasteiger partial charge < -0.3 is 10.2 Å². The van der Waals surface area contributed by atoms with Crippen LogP contribution in [0.3, 0.4) is 0 Å². The fourth-order valence-electron chi connectivity index (χ4n) is 3.17. The van der Waals surface area contributed by atoms with Crippen molar-refractivity contribution in [3.63, 3.8) is 0 Å². The summed E-state index contributed by atoms with van der Waals surface area (Å²) in [4.78, 5) is 23.6. The van der Waals surface area contributed by atoms with Crippen LogP contribution >= 0.6 is 0 Å². The molecule has 1 aliphatic rings. The molecule has 7 nitrogen and oxygen atoms in total. The molecule has 4 heterocycles. The Labute approximate surface area is 150 Å². The average Bonchev–Trinajstić information content (AvgIpc) is 2.68. The van der Waals surface area contributed by atoms with Gasteiger partial charge in [-0.05, 0) is 13.0 Å². The molecule has 8 heteroatoms. The van der Waals surface area contributed by atoms with E-state index in [9.17, 15) is 4.39 Å². The number of halogens is 1. The van der Waals surface area contributed by atoms with Crippen molar-refractivity contribution in [2.45, 2.75) is 19.4 Å². The van der Waals surface area contributed by atoms with E-state index in [2.05, 4.69) is 35.1 Å². The zero-order chi connectivity index (χ0) is 18.1. The minimum Gasteiger partial charge on any atom is -0.388 e. The van der Waals surface area contributed by atoms with Crippen LogP contribution < -0.4 is 10.2 Å². The van der Waals surface area contributed by atoms with E-state index in [0.29, 0.717) is 29.7 Å². The Bertz CT molecular complexity index is 932. The maximum atomic E-state index is 13.8. The molecule has 4 rings (SSSR count). The second kappa shape index (κ2) is 6.62. The second-order valence-corrected chi connectivity index (χ2v) is 6.07. The van der Waals surface area contributed by atoms with Crippen molar-refractivity contribution in [1.82, 2.24) is 24.9 Å². The summed E-state index contributed by atoms with van der Waals surface area (Å²) in [5, 5.41) is 2.96. The van der Waals surface area contributed by atoms with Crippen molar-refractivity contribution in [2.75, 3.05) is 23.8 Å². The Morgan fingerprint density at radius 1 is 1.12 bits per heavy atom. The third-order valence-electron chi connectivity index (χ3n) is 4.54. The van der Waals surface area contributed by atoms with E-state index in [1.807, 2.05) is 19.2 Å². The van der Waals surface area contributed by atoms with Crippen LogP contribution in [0.1, 0.15) is 24.2 Å². The van der Waals surface area contributed by atoms with Crippen molar-refractivity contribution >= 4 is 11.5 Å². The van der Waals surface area contributed by atoms with Gasteiger partial charge in [0.15, 0.2) is 11.6 Å². The lowest BCUT2D eigenvalue weighted by molar-refractivity contribution is 0.563. The van der Waals surface area contributed by atoms with Gasteiger partial charge in [0.2, 0.25) is 5.95 Å². The van der Waals surface area contributed by atoms with Crippen molar-refractivity contribution in [1.29, 1.82) is 0 Å². The third kappa shape index (κ3) is 2.94. The highest BCUT2D eigenvalue weighted by molar-refractivity contribution is 5.55. The van der Waals surface area contributed by atoms with Gasteiger partial charge in [0, 0.05) is 62.0 Å². The van der Waals surface area contributed by atoms with E-state index in [-0.39, 0.29) is 6.04 Å². The van der Waals surface area contributed by atoms with Crippen LogP contribution in [0.25, 0.3) is 11.6 Å². The first kappa shape index (κ1) is 16.3. The lowest BCUT2D eigenvalue weighted by Gasteiger charge is -2.35. The molecule has 1 N–H and O–H groups in total. The monoisotopic (exact) mass is 351 g/mol. The number of pyridine rings is 1. The Balaban J connectivity index is 1.67. The molecule has 3 aromatic heterocycles. The molecular formula is C18H18FN7. The number of nitrogens with zero attached hydrogens (tertiary/aromatic N) is 6. The van der Waals surface area contributed by atoms with E-state index in [1.165, 1.54) is 6.07 Å². The average molecular weight is 351 g/mol. The summed E-state index contributed by atoms with van der Waals surface area (Å²) in [5.41, 5.74) is 2.67. The molecule has 0 spiro atoms. The lowest BCUT2D eigenvalue weighted by atomic mass is 9.99. The van der Waals surface area contributed by atoms with Crippen molar-refractivity contribution in [3.8, 4) is 11.6 Å². The maximum Gasteiger partial charge on any atom is 0.216 e. The Hall–Kier alpha value is -3.16. The number of anilines is 2. The minimum atomic E-state index is -0.502. The summed E-state index contributed by atoms with van der Waals surface area (Å²) < 4.78 is 13.8. The van der Waals surface area contributed by atoms with E-state index >= 15 is 0 Å². The summed E-state index contributed by atoms with van der Waals surface area (Å²) in [5.74, 6) is 1.13. The quantitative estimate of drug-likeness (QED) is 0.727. The number of hydrogen-bond donors (Lipinski definition) is 1. The normalized spacial score (nSPS) is 16.3. The van der Waals surface area contributed by atoms with Crippen LogP contribution in [-0.2, 0) is 6.42 Å². The first-order chi connectivity index (χ1) is 12.7. The number of hydrogen-bond acceptors (Lipinski definition) is 7. The fraction of sp³-hybridized carbons (Fsp3) is 0.278. The first-order valence-corrected chi connectivity index (χ1v) is 8.41. The van der Waals surface area contributed by atoms with Gasteiger partial charge in [0.05, 0.1) is 11.7 Å². The van der Waals surface area contributed by atoms with E-state index in [0.717, 1.165) is 17.7 Å². The standard InChI is InChI=1S/C18H18FN7/c1-11-13-10-23-18(17-21-5-3-6-22-17)24-14(13)4-7-26(11)16-9-12(20-2)8-15(19)25-16/h3,5-6,8-11H,4,7H2,1-2H3,(H,20,25). The predicted molar refractivity (Wildman–Crippen MR) is 96.3 cm³/mol. The van der Waals surface area contributed by atoms with Gasteiger partial charge in [-0.1, -0.05) is 0 Å². The summed E-state index contributed by atoms with van der Waals surface area (Å²) in [7, 11) is 1.76. The van der Waals surface area contributed by atoms with Gasteiger partial charge in [0.25, 0.3) is 0 Å². The van der Waals surface area contributed by atoms with Gasteiger partial charge in [-0.2, -0.15) is 4.39 Å². The molecule has 0 aromatic carbocycles. The molecule has 0 saturated carbocycles. The number of rotatable bonds is 3. The van der Waals surface area contributed by atoms with Crippen LogP contribution in [0.5, 0.6) is 0 Å². The molecule has 0 aliphatic carbocycles. The SMILES string of the molecule is CNc1cc(F)nc(N2CCc3nc(-c4ncccn4)ncc3C2C)c1. The van der Waals surface area contributed by atoms with Gasteiger partial charge >= 0.3 is 0 Å². The highest BCUT2D eigenvalue weighted by atomic mass is 19.1. The third-order valence-corrected chi connectivity index (χ3v) is 4.54. The number of aromatic nitrogens is 5. The van der Waals surface area contributed by atoms with Crippen LogP contribution in [-0.4, -0.2) is 38.5 Å². The lowest BCUT2D eigenvalue weighted by Crippen LogP contribution is -2.35. The first-order valence-electron chi connectivity index (χ1n) is 8.41. The smallest absolute Gasteiger partial charge is 0.216 e. The van der Waals surface area contributed by atoms with E-state index in [4.69, 9.17) is 0 Å². The number of fused-ring (bicyclic) bond motifs is 1. The summed E-state index contributed by atoms with van der Waals surface area (Å²) in [6.07, 6.45) is 5.87. The van der Waals surface area contributed by atoms with E-state index < -0.39 is 5.95 Å². The van der Waals surface area contributed by atoms with Crippen LogP contribution in [0.2, 0.25) is 0 Å². The van der Waals surface area contributed by atoms with Crippen molar-refractivity contribution in [2.24, 2.45) is 0 Å². The molecule has 3 aromatic rings. The van der Waals surface area contributed by atoms with Crippen LogP contribution in [0.4, 0.5) is 15.9 Å². The number of nitrogens with one attached hydrogen (secondary N) is 1. The van der Waals surface area contributed by atoms with Gasteiger partial charge in [-0.15, -0.1) is 0 Å². The molecule has 0 saturated heterocycles. The molecule has 0 bridgehead atoms. The molecule has 1 aliphatic heterocycles. The summed E-state index contributed by atoms with van der Waals surface area (Å²) in [6.45, 7) is 2.74. The van der Waals surface area contributed by atoms with Gasteiger partial charge in [-0.25, -0.2) is 24.9 Å². The molecule has 0 radical (unpaired) electrons.